The summed E-state index contributed by atoms with van der Waals surface area (Å²) in [7, 11) is 0. The summed E-state index contributed by atoms with van der Waals surface area (Å²) in [4.78, 5) is 14.5. The number of nitrogens with one attached hydrogen (secondary N) is 1. The van der Waals surface area contributed by atoms with Crippen molar-refractivity contribution in [2.75, 3.05) is 0 Å². The van der Waals surface area contributed by atoms with Gasteiger partial charge in [-0.15, -0.1) is 11.3 Å². The van der Waals surface area contributed by atoms with E-state index in [4.69, 9.17) is 11.6 Å². The molecule has 19 heavy (non-hydrogen) atoms. The smallest absolute Gasteiger partial charge is 0.253 e. The van der Waals surface area contributed by atoms with Crippen molar-refractivity contribution in [3.63, 3.8) is 0 Å². The molecule has 0 radical (unpaired) electrons. The quantitative estimate of drug-likeness (QED) is 0.846. The van der Waals surface area contributed by atoms with Gasteiger partial charge in [0.1, 0.15) is 0 Å². The summed E-state index contributed by atoms with van der Waals surface area (Å²) in [6, 6.07) is 7.42. The molecule has 0 aliphatic rings. The molecule has 1 aromatic carbocycles. The van der Waals surface area contributed by atoms with Crippen molar-refractivity contribution in [1.82, 2.24) is 5.32 Å². The molecule has 0 bridgehead atoms. The zero-order valence-electron chi connectivity index (χ0n) is 10.6. The van der Waals surface area contributed by atoms with Gasteiger partial charge in [-0.05, 0) is 53.5 Å². The molecule has 0 aliphatic carbocycles. The molecule has 5 heteroatoms. The normalized spacial score (nSPS) is 10.5. The number of hydrogen-bond donors (Lipinski definition) is 1. The zero-order valence-corrected chi connectivity index (χ0v) is 13.7. The lowest BCUT2D eigenvalue weighted by atomic mass is 10.2. The molecule has 100 valence electrons. The Hall–Kier alpha value is -0.840. The number of benzene rings is 1. The van der Waals surface area contributed by atoms with Gasteiger partial charge in [0.15, 0.2) is 0 Å². The van der Waals surface area contributed by atoms with E-state index in [2.05, 4.69) is 41.2 Å². The standard InChI is InChI=1S/C14H13BrClNOS/c1-8-6-10(19-9(8)2)7-17-14(18)11-4-3-5-12(15)13(11)16/h3-6H,7H2,1-2H3,(H,17,18). The van der Waals surface area contributed by atoms with Crippen LogP contribution in [0, 0.1) is 13.8 Å². The second kappa shape index (κ2) is 6.07. The third-order valence-corrected chi connectivity index (χ3v) is 5.29. The van der Waals surface area contributed by atoms with Gasteiger partial charge in [0.25, 0.3) is 5.91 Å². The van der Waals surface area contributed by atoms with E-state index in [1.165, 1.54) is 10.4 Å². The molecule has 0 atom stereocenters. The number of carbonyl (C=O) groups is 1. The minimum absolute atomic E-state index is 0.157. The molecular weight excluding hydrogens is 346 g/mol. The number of halogens is 2. The van der Waals surface area contributed by atoms with Crippen LogP contribution in [0.15, 0.2) is 28.7 Å². The fourth-order valence-electron chi connectivity index (χ4n) is 1.68. The van der Waals surface area contributed by atoms with Gasteiger partial charge in [0, 0.05) is 14.2 Å². The van der Waals surface area contributed by atoms with E-state index in [1.54, 1.807) is 23.5 Å². The summed E-state index contributed by atoms with van der Waals surface area (Å²) in [6.07, 6.45) is 0. The van der Waals surface area contributed by atoms with Crippen LogP contribution in [0.2, 0.25) is 5.02 Å². The van der Waals surface area contributed by atoms with Crippen LogP contribution in [0.5, 0.6) is 0 Å². The van der Waals surface area contributed by atoms with Gasteiger partial charge in [-0.3, -0.25) is 4.79 Å². The minimum Gasteiger partial charge on any atom is -0.347 e. The first kappa shape index (κ1) is 14.6. The minimum atomic E-state index is -0.157. The molecule has 0 unspecified atom stereocenters. The Morgan fingerprint density at radius 2 is 2.16 bits per heavy atom. The summed E-state index contributed by atoms with van der Waals surface area (Å²) in [5, 5.41) is 3.33. The Labute approximate surface area is 129 Å². The zero-order chi connectivity index (χ0) is 14.0. The Kier molecular flexibility index (Phi) is 4.66. The highest BCUT2D eigenvalue weighted by atomic mass is 79.9. The Balaban J connectivity index is 2.07. The molecule has 1 aromatic heterocycles. The Morgan fingerprint density at radius 3 is 2.79 bits per heavy atom. The van der Waals surface area contributed by atoms with Crippen LogP contribution in [-0.2, 0) is 6.54 Å². The maximum absolute atomic E-state index is 12.1. The van der Waals surface area contributed by atoms with Crippen molar-refractivity contribution in [2.45, 2.75) is 20.4 Å². The summed E-state index contributed by atoms with van der Waals surface area (Å²) in [6.45, 7) is 4.68. The highest BCUT2D eigenvalue weighted by Gasteiger charge is 2.12. The van der Waals surface area contributed by atoms with Crippen molar-refractivity contribution in [2.24, 2.45) is 0 Å². The summed E-state index contributed by atoms with van der Waals surface area (Å²) < 4.78 is 0.727. The molecule has 1 heterocycles. The fourth-order valence-corrected chi connectivity index (χ4v) is 3.25. The molecule has 0 saturated carbocycles. The van der Waals surface area contributed by atoms with E-state index in [-0.39, 0.29) is 5.91 Å². The largest absolute Gasteiger partial charge is 0.347 e. The number of rotatable bonds is 3. The molecule has 0 saturated heterocycles. The van der Waals surface area contributed by atoms with Gasteiger partial charge in [-0.25, -0.2) is 0 Å². The molecule has 2 nitrogen and oxygen atoms in total. The summed E-state index contributed by atoms with van der Waals surface area (Å²) in [5.41, 5.74) is 1.75. The van der Waals surface area contributed by atoms with E-state index < -0.39 is 0 Å². The summed E-state index contributed by atoms with van der Waals surface area (Å²) >= 11 is 11.1. The average molecular weight is 359 g/mol. The SMILES string of the molecule is Cc1cc(CNC(=O)c2cccc(Br)c2Cl)sc1C. The predicted octanol–water partition coefficient (Wildman–Crippen LogP) is 4.71. The van der Waals surface area contributed by atoms with Crippen LogP contribution >= 0.6 is 38.9 Å². The van der Waals surface area contributed by atoms with E-state index in [9.17, 15) is 4.79 Å². The van der Waals surface area contributed by atoms with Crippen molar-refractivity contribution in [1.29, 1.82) is 0 Å². The second-order valence-electron chi connectivity index (χ2n) is 4.24. The van der Waals surface area contributed by atoms with Crippen molar-refractivity contribution in [3.8, 4) is 0 Å². The maximum Gasteiger partial charge on any atom is 0.253 e. The maximum atomic E-state index is 12.1. The second-order valence-corrected chi connectivity index (χ2v) is 6.81. The first-order valence-corrected chi connectivity index (χ1v) is 7.76. The van der Waals surface area contributed by atoms with Crippen LogP contribution in [0.4, 0.5) is 0 Å². The average Bonchev–Trinajstić information content (AvgIpc) is 2.69. The third-order valence-electron chi connectivity index (χ3n) is 2.84. The van der Waals surface area contributed by atoms with E-state index in [0.29, 0.717) is 17.1 Å². The third kappa shape index (κ3) is 3.38. The van der Waals surface area contributed by atoms with Gasteiger partial charge in [-0.1, -0.05) is 17.7 Å². The molecule has 1 amide bonds. The number of amides is 1. The lowest BCUT2D eigenvalue weighted by Crippen LogP contribution is -2.22. The lowest BCUT2D eigenvalue weighted by Gasteiger charge is -2.06. The first-order valence-electron chi connectivity index (χ1n) is 5.77. The van der Waals surface area contributed by atoms with Crippen LogP contribution in [0.25, 0.3) is 0 Å². The first-order chi connectivity index (χ1) is 8.99. The predicted molar refractivity (Wildman–Crippen MR) is 84.1 cm³/mol. The van der Waals surface area contributed by atoms with Crippen LogP contribution in [0.3, 0.4) is 0 Å². The molecule has 0 fully saturated rings. The van der Waals surface area contributed by atoms with Crippen LogP contribution in [0.1, 0.15) is 25.7 Å². The molecule has 1 N–H and O–H groups in total. The van der Waals surface area contributed by atoms with Crippen molar-refractivity contribution >= 4 is 44.8 Å². The highest BCUT2D eigenvalue weighted by molar-refractivity contribution is 9.10. The Bertz CT molecular complexity index is 604. The lowest BCUT2D eigenvalue weighted by molar-refractivity contribution is 0.0951. The van der Waals surface area contributed by atoms with Crippen molar-refractivity contribution in [3.05, 3.63) is 54.6 Å². The van der Waals surface area contributed by atoms with Crippen LogP contribution < -0.4 is 5.32 Å². The van der Waals surface area contributed by atoms with Gasteiger partial charge in [0.05, 0.1) is 17.1 Å². The molecule has 0 spiro atoms. The van der Waals surface area contributed by atoms with E-state index in [0.717, 1.165) is 9.35 Å². The number of thiophene rings is 1. The highest BCUT2D eigenvalue weighted by Crippen LogP contribution is 2.26. The number of carbonyl (C=O) groups excluding carboxylic acids is 1. The number of hydrogen-bond acceptors (Lipinski definition) is 2. The number of aryl methyl sites for hydroxylation is 2. The van der Waals surface area contributed by atoms with E-state index in [1.807, 2.05) is 6.07 Å². The summed E-state index contributed by atoms with van der Waals surface area (Å²) in [5.74, 6) is -0.157. The van der Waals surface area contributed by atoms with Gasteiger partial charge < -0.3 is 5.32 Å². The molecule has 2 aromatic rings. The molecule has 0 aliphatic heterocycles. The van der Waals surface area contributed by atoms with Gasteiger partial charge >= 0.3 is 0 Å². The molecule has 2 rings (SSSR count). The molecular formula is C14H13BrClNOS. The van der Waals surface area contributed by atoms with Crippen LogP contribution in [-0.4, -0.2) is 5.91 Å². The van der Waals surface area contributed by atoms with Gasteiger partial charge in [-0.2, -0.15) is 0 Å². The Morgan fingerprint density at radius 1 is 1.42 bits per heavy atom. The fraction of sp³-hybridized carbons (Fsp3) is 0.214. The van der Waals surface area contributed by atoms with E-state index >= 15 is 0 Å². The monoisotopic (exact) mass is 357 g/mol. The van der Waals surface area contributed by atoms with Gasteiger partial charge in [0.2, 0.25) is 0 Å². The topological polar surface area (TPSA) is 29.1 Å². The van der Waals surface area contributed by atoms with Crippen molar-refractivity contribution < 1.29 is 4.79 Å².